The maximum atomic E-state index is 11.8. The molecule has 138 valence electrons. The second-order valence-corrected chi connectivity index (χ2v) is 8.00. The molecule has 27 heavy (non-hydrogen) atoms. The van der Waals surface area contributed by atoms with Gasteiger partial charge in [-0.05, 0) is 23.3 Å². The van der Waals surface area contributed by atoms with E-state index >= 15 is 0 Å². The third-order valence-electron chi connectivity index (χ3n) is 4.55. The number of aryl methyl sites for hydroxylation is 1. The van der Waals surface area contributed by atoms with Crippen LogP contribution in [0, 0.1) is 5.92 Å². The van der Waals surface area contributed by atoms with Crippen molar-refractivity contribution in [3.05, 3.63) is 42.2 Å². The van der Waals surface area contributed by atoms with E-state index in [0.717, 1.165) is 37.3 Å². The van der Waals surface area contributed by atoms with Gasteiger partial charge in [0.2, 0.25) is 5.91 Å². The van der Waals surface area contributed by atoms with E-state index in [0.29, 0.717) is 12.4 Å². The molecule has 7 heteroatoms. The number of thiophene rings is 1. The average molecular weight is 379 g/mol. The number of anilines is 1. The number of carbonyl (C=O) groups is 1. The van der Waals surface area contributed by atoms with Crippen LogP contribution >= 0.6 is 11.3 Å². The molecule has 0 saturated carbocycles. The van der Waals surface area contributed by atoms with Gasteiger partial charge >= 0.3 is 0 Å². The molecule has 0 spiro atoms. The van der Waals surface area contributed by atoms with Crippen molar-refractivity contribution in [1.29, 1.82) is 0 Å². The van der Waals surface area contributed by atoms with Gasteiger partial charge in [0.15, 0.2) is 5.82 Å². The average Bonchev–Trinajstić information content (AvgIpc) is 3.24. The number of aromatic nitrogens is 3. The minimum atomic E-state index is -0.0198. The Hall–Kier alpha value is -2.93. The molecule has 1 amide bonds. The van der Waals surface area contributed by atoms with Gasteiger partial charge < -0.3 is 15.6 Å². The maximum absolute atomic E-state index is 11.8. The monoisotopic (exact) mass is 379 g/mol. The lowest BCUT2D eigenvalue weighted by molar-refractivity contribution is -0.124. The van der Waals surface area contributed by atoms with E-state index < -0.39 is 0 Å². The largest absolute Gasteiger partial charge is 0.382 e. The number of nitrogens with two attached hydrogens (primary N) is 1. The van der Waals surface area contributed by atoms with Crippen molar-refractivity contribution in [2.75, 3.05) is 5.73 Å². The molecule has 0 unspecified atom stereocenters. The van der Waals surface area contributed by atoms with Gasteiger partial charge in [-0.3, -0.25) is 4.79 Å². The van der Waals surface area contributed by atoms with Crippen molar-refractivity contribution in [2.24, 2.45) is 13.0 Å². The number of hydrogen-bond donors (Lipinski definition) is 2. The molecular weight excluding hydrogens is 358 g/mol. The first-order chi connectivity index (χ1) is 12.9. The normalized spacial score (nSPS) is 11.6. The minimum Gasteiger partial charge on any atom is -0.382 e. The molecule has 3 N–H and O–H groups in total. The van der Waals surface area contributed by atoms with Crippen LogP contribution in [0.25, 0.3) is 31.7 Å². The second kappa shape index (κ2) is 6.66. The fraction of sp³-hybridized carbons (Fsp3) is 0.250. The number of nitrogen functional groups attached to an aromatic ring is 1. The van der Waals surface area contributed by atoms with Crippen LogP contribution in [0.15, 0.2) is 36.7 Å². The molecule has 0 atom stereocenters. The molecule has 0 radical (unpaired) electrons. The van der Waals surface area contributed by atoms with Gasteiger partial charge in [0.05, 0.1) is 22.1 Å². The maximum Gasteiger partial charge on any atom is 0.222 e. The Labute approximate surface area is 161 Å². The number of imidazole rings is 1. The molecule has 3 heterocycles. The Morgan fingerprint density at radius 3 is 2.93 bits per heavy atom. The van der Waals surface area contributed by atoms with Crippen molar-refractivity contribution in [3.63, 3.8) is 0 Å². The molecule has 1 aromatic carbocycles. The number of fused-ring (bicyclic) bond motifs is 3. The van der Waals surface area contributed by atoms with E-state index in [1.807, 2.05) is 37.6 Å². The van der Waals surface area contributed by atoms with Crippen LogP contribution in [0.1, 0.15) is 19.4 Å². The molecule has 0 bridgehead atoms. The van der Waals surface area contributed by atoms with E-state index in [1.54, 1.807) is 17.7 Å². The summed E-state index contributed by atoms with van der Waals surface area (Å²) in [6.45, 7) is 4.30. The number of amides is 1. The summed E-state index contributed by atoms with van der Waals surface area (Å²) in [6.07, 6.45) is 1.76. The smallest absolute Gasteiger partial charge is 0.222 e. The van der Waals surface area contributed by atoms with Crippen LogP contribution in [0.2, 0.25) is 0 Å². The summed E-state index contributed by atoms with van der Waals surface area (Å²) < 4.78 is 3.06. The summed E-state index contributed by atoms with van der Waals surface area (Å²) in [4.78, 5) is 21.8. The number of hydrogen-bond acceptors (Lipinski definition) is 5. The topological polar surface area (TPSA) is 85.8 Å². The molecule has 0 aliphatic rings. The highest BCUT2D eigenvalue weighted by Gasteiger charge is 2.15. The van der Waals surface area contributed by atoms with Gasteiger partial charge in [-0.2, -0.15) is 0 Å². The van der Waals surface area contributed by atoms with Gasteiger partial charge in [0, 0.05) is 24.4 Å². The van der Waals surface area contributed by atoms with E-state index in [1.165, 1.54) is 0 Å². The first-order valence-corrected chi connectivity index (χ1v) is 9.62. The van der Waals surface area contributed by atoms with Gasteiger partial charge in [-0.25, -0.2) is 9.97 Å². The molecule has 4 rings (SSSR count). The Morgan fingerprint density at radius 2 is 2.15 bits per heavy atom. The van der Waals surface area contributed by atoms with Crippen molar-refractivity contribution in [2.45, 2.75) is 20.4 Å². The fourth-order valence-electron chi connectivity index (χ4n) is 3.07. The summed E-state index contributed by atoms with van der Waals surface area (Å²) in [5.41, 5.74) is 10.9. The third kappa shape index (κ3) is 3.14. The zero-order valence-corrected chi connectivity index (χ0v) is 16.3. The number of rotatable bonds is 4. The zero-order valence-electron chi connectivity index (χ0n) is 15.5. The molecule has 0 aliphatic carbocycles. The van der Waals surface area contributed by atoms with Crippen LogP contribution in [0.3, 0.4) is 0 Å². The number of pyridine rings is 1. The predicted molar refractivity (Wildman–Crippen MR) is 110 cm³/mol. The van der Waals surface area contributed by atoms with E-state index in [4.69, 9.17) is 5.73 Å². The summed E-state index contributed by atoms with van der Waals surface area (Å²) in [7, 11) is 1.96. The van der Waals surface area contributed by atoms with E-state index in [2.05, 4.69) is 33.5 Å². The quantitative estimate of drug-likeness (QED) is 0.566. The lowest BCUT2D eigenvalue weighted by Crippen LogP contribution is -2.27. The molecule has 0 aliphatic heterocycles. The number of nitrogens with one attached hydrogen (secondary N) is 1. The summed E-state index contributed by atoms with van der Waals surface area (Å²) in [5.74, 6) is 0.488. The highest BCUT2D eigenvalue weighted by atomic mass is 32.1. The van der Waals surface area contributed by atoms with Crippen LogP contribution < -0.4 is 11.1 Å². The lowest BCUT2D eigenvalue weighted by atomic mass is 10.1. The fourth-order valence-corrected chi connectivity index (χ4v) is 4.25. The van der Waals surface area contributed by atoms with Gasteiger partial charge in [0.1, 0.15) is 5.52 Å². The SMILES string of the molecule is CC(C)C(=O)NCc1cccc(-c2cc3nc(N)c4ncn(C)c4c3s2)c1. The number of nitrogens with zero attached hydrogens (tertiary/aromatic N) is 3. The van der Waals surface area contributed by atoms with E-state index in [9.17, 15) is 4.79 Å². The Morgan fingerprint density at radius 1 is 1.33 bits per heavy atom. The van der Waals surface area contributed by atoms with Crippen molar-refractivity contribution in [3.8, 4) is 10.4 Å². The Kier molecular flexibility index (Phi) is 4.31. The highest BCUT2D eigenvalue weighted by Crippen LogP contribution is 2.38. The van der Waals surface area contributed by atoms with Crippen LogP contribution in [-0.2, 0) is 18.4 Å². The van der Waals surface area contributed by atoms with Gasteiger partial charge in [0.25, 0.3) is 0 Å². The van der Waals surface area contributed by atoms with Crippen LogP contribution in [-0.4, -0.2) is 20.4 Å². The van der Waals surface area contributed by atoms with Gasteiger partial charge in [-0.15, -0.1) is 11.3 Å². The standard InChI is InChI=1S/C20H21N5OS/c1-11(2)20(26)22-9-12-5-4-6-13(7-12)15-8-14-18(27-15)17-16(19(21)24-14)23-10-25(17)3/h4-8,10-11H,9H2,1-3H3,(H2,21,24)(H,22,26). The third-order valence-corrected chi connectivity index (χ3v) is 5.73. The second-order valence-electron chi connectivity index (χ2n) is 6.95. The minimum absolute atomic E-state index is 0.0198. The molecule has 0 fully saturated rings. The molecule has 4 aromatic rings. The zero-order chi connectivity index (χ0) is 19.1. The van der Waals surface area contributed by atoms with E-state index in [-0.39, 0.29) is 11.8 Å². The highest BCUT2D eigenvalue weighted by molar-refractivity contribution is 7.23. The first kappa shape index (κ1) is 17.5. The van der Waals surface area contributed by atoms with Gasteiger partial charge in [-0.1, -0.05) is 32.0 Å². The summed E-state index contributed by atoms with van der Waals surface area (Å²) in [6, 6.07) is 10.3. The first-order valence-electron chi connectivity index (χ1n) is 8.81. The summed E-state index contributed by atoms with van der Waals surface area (Å²) in [5, 5.41) is 2.96. The Bertz CT molecular complexity index is 1160. The number of benzene rings is 1. The van der Waals surface area contributed by atoms with Crippen molar-refractivity contribution in [1.82, 2.24) is 19.9 Å². The Balaban J connectivity index is 1.72. The molecule has 6 nitrogen and oxygen atoms in total. The molecular formula is C20H21N5OS. The number of carbonyl (C=O) groups excluding carboxylic acids is 1. The molecule has 0 saturated heterocycles. The lowest BCUT2D eigenvalue weighted by Gasteiger charge is -2.08. The molecule has 3 aromatic heterocycles. The van der Waals surface area contributed by atoms with Crippen molar-refractivity contribution < 1.29 is 4.79 Å². The summed E-state index contributed by atoms with van der Waals surface area (Å²) >= 11 is 1.68. The van der Waals surface area contributed by atoms with Crippen LogP contribution in [0.5, 0.6) is 0 Å². The van der Waals surface area contributed by atoms with Crippen LogP contribution in [0.4, 0.5) is 5.82 Å². The van der Waals surface area contributed by atoms with Crippen molar-refractivity contribution >= 4 is 44.3 Å². The predicted octanol–water partition coefficient (Wildman–Crippen LogP) is 3.70.